The maximum atomic E-state index is 13.8. The van der Waals surface area contributed by atoms with Gasteiger partial charge in [-0.05, 0) is 52.7 Å². The van der Waals surface area contributed by atoms with Crippen LogP contribution in [-0.4, -0.2) is 59.0 Å². The zero-order chi connectivity index (χ0) is 32.0. The van der Waals surface area contributed by atoms with Crippen LogP contribution in [0.5, 0.6) is 5.75 Å². The van der Waals surface area contributed by atoms with Crippen LogP contribution in [0.25, 0.3) is 0 Å². The van der Waals surface area contributed by atoms with E-state index >= 15 is 0 Å². The van der Waals surface area contributed by atoms with Gasteiger partial charge >= 0.3 is 12.1 Å². The number of halogens is 7. The van der Waals surface area contributed by atoms with Crippen LogP contribution < -0.4 is 4.74 Å². The van der Waals surface area contributed by atoms with Crippen LogP contribution in [-0.2, 0) is 14.3 Å². The topological polar surface area (TPSA) is 76.2 Å². The molecule has 0 N–H and O–H groups in total. The highest BCUT2D eigenvalue weighted by Crippen LogP contribution is 2.38. The minimum atomic E-state index is -2.40. The summed E-state index contributed by atoms with van der Waals surface area (Å²) in [5, 5.41) is 0. The smallest absolute Gasteiger partial charge is 0.411 e. The Balaban J connectivity index is 0.000000661. The van der Waals surface area contributed by atoms with Crippen molar-refractivity contribution >= 4 is 18.0 Å². The Morgan fingerprint density at radius 1 is 0.857 bits per heavy atom. The number of likely N-dealkylation sites (N-methyl/N-ethyl adjacent to an activating group) is 2. The molecule has 1 aliphatic rings. The second-order valence-corrected chi connectivity index (χ2v) is 10.4. The molecular weight excluding hydrogens is 577 g/mol. The molecule has 0 spiro atoms. The van der Waals surface area contributed by atoms with E-state index in [9.17, 15) is 45.1 Å². The highest BCUT2D eigenvalue weighted by molar-refractivity contribution is 5.92. The molecule has 1 saturated carbocycles. The normalized spacial score (nSPS) is 14.0. The molecule has 0 unspecified atom stereocenters. The van der Waals surface area contributed by atoms with Gasteiger partial charge in [-0.1, -0.05) is 18.9 Å². The Labute approximate surface area is 238 Å². The Morgan fingerprint density at radius 2 is 1.33 bits per heavy atom. The number of carbonyl (C=O) groups excluding carboxylic acids is 3. The van der Waals surface area contributed by atoms with Gasteiger partial charge < -0.3 is 14.4 Å². The number of carbonyl (C=O) groups is 3. The van der Waals surface area contributed by atoms with Gasteiger partial charge in [-0.2, -0.15) is 8.78 Å². The first-order valence-corrected chi connectivity index (χ1v) is 12.8. The predicted molar refractivity (Wildman–Crippen MR) is 136 cm³/mol. The maximum absolute atomic E-state index is 13.8. The van der Waals surface area contributed by atoms with Crippen molar-refractivity contribution < 1.29 is 54.6 Å². The lowest BCUT2D eigenvalue weighted by Gasteiger charge is -2.41. The summed E-state index contributed by atoms with van der Waals surface area (Å²) in [6.45, 7) is 5.93. The minimum absolute atomic E-state index is 0.128. The number of amides is 2. The number of esters is 1. The average molecular weight is 609 g/mol. The van der Waals surface area contributed by atoms with Gasteiger partial charge in [-0.25, -0.2) is 31.5 Å². The summed E-state index contributed by atoms with van der Waals surface area (Å²) in [7, 11) is 1.20. The van der Waals surface area contributed by atoms with Gasteiger partial charge in [0.25, 0.3) is 0 Å². The van der Waals surface area contributed by atoms with E-state index in [1.807, 2.05) is 0 Å². The second kappa shape index (κ2) is 13.9. The average Bonchev–Trinajstić information content (AvgIpc) is 3.38. The Hall–Kier alpha value is -3.84. The zero-order valence-corrected chi connectivity index (χ0v) is 23.6. The Morgan fingerprint density at radius 3 is 1.74 bits per heavy atom. The fraction of sp³-hybridized carbons (Fsp3) is 0.464. The molecule has 2 aromatic carbocycles. The summed E-state index contributed by atoms with van der Waals surface area (Å²) < 4.78 is 101. The molecule has 0 heterocycles. The molecule has 0 aliphatic heterocycles. The summed E-state index contributed by atoms with van der Waals surface area (Å²) in [5.41, 5.74) is -2.15. The van der Waals surface area contributed by atoms with E-state index in [1.165, 1.54) is 30.1 Å². The van der Waals surface area contributed by atoms with Gasteiger partial charge in [0.05, 0.1) is 0 Å². The van der Waals surface area contributed by atoms with E-state index in [2.05, 4.69) is 4.74 Å². The summed E-state index contributed by atoms with van der Waals surface area (Å²) in [4.78, 5) is 40.5. The van der Waals surface area contributed by atoms with Crippen LogP contribution in [0.15, 0.2) is 24.3 Å². The van der Waals surface area contributed by atoms with Crippen LogP contribution in [0.2, 0.25) is 0 Å². The van der Waals surface area contributed by atoms with Crippen molar-refractivity contribution in [1.82, 2.24) is 9.80 Å². The van der Waals surface area contributed by atoms with Crippen molar-refractivity contribution in [2.75, 3.05) is 20.1 Å². The first-order chi connectivity index (χ1) is 19.4. The molecule has 0 radical (unpaired) electrons. The summed E-state index contributed by atoms with van der Waals surface area (Å²) in [6, 6.07) is 4.55. The maximum Gasteiger partial charge on any atom is 0.411 e. The van der Waals surface area contributed by atoms with E-state index < -0.39 is 82.1 Å². The Bertz CT molecular complexity index is 1260. The van der Waals surface area contributed by atoms with Crippen molar-refractivity contribution in [1.29, 1.82) is 0 Å². The largest absolute Gasteiger partial charge is 0.444 e. The van der Waals surface area contributed by atoms with Crippen LogP contribution in [0, 0.1) is 40.7 Å². The van der Waals surface area contributed by atoms with Crippen LogP contribution in [0.3, 0.4) is 0 Å². The second-order valence-electron chi connectivity index (χ2n) is 10.4. The van der Waals surface area contributed by atoms with Crippen molar-refractivity contribution in [2.45, 2.75) is 64.5 Å². The molecule has 3 rings (SSSR count). The van der Waals surface area contributed by atoms with Gasteiger partial charge in [0.2, 0.25) is 40.7 Å². The third-order valence-electron chi connectivity index (χ3n) is 6.16. The lowest BCUT2D eigenvalue weighted by atomic mass is 9.93. The molecule has 0 aromatic heterocycles. The van der Waals surface area contributed by atoms with Crippen molar-refractivity contribution in [3.63, 3.8) is 0 Å². The number of benzene rings is 2. The zero-order valence-electron chi connectivity index (χ0n) is 23.6. The molecule has 14 heteroatoms. The van der Waals surface area contributed by atoms with Crippen LogP contribution >= 0.6 is 0 Å². The number of hydrogen-bond donors (Lipinski definition) is 0. The number of nitrogens with zero attached hydrogens (tertiary/aromatic N) is 2. The first kappa shape index (κ1) is 34.4. The van der Waals surface area contributed by atoms with E-state index in [4.69, 9.17) is 4.74 Å². The molecule has 0 bridgehead atoms. The molecule has 232 valence electrons. The number of hydrogen-bond acceptors (Lipinski definition) is 5. The molecule has 1 fully saturated rings. The third-order valence-corrected chi connectivity index (χ3v) is 6.16. The van der Waals surface area contributed by atoms with E-state index in [1.54, 1.807) is 27.7 Å². The monoisotopic (exact) mass is 608 g/mol. The lowest BCUT2D eigenvalue weighted by molar-refractivity contribution is -0.148. The van der Waals surface area contributed by atoms with Crippen molar-refractivity contribution in [3.05, 3.63) is 65.0 Å². The SMILES string of the molecule is CCN(C(=O)OC(C)(C)C)C1(C(=O)N(C)CC(=O)Oc2c(F)c(F)c(F)c(F)c2F)CCCC1.Fc1cccc(F)c1. The molecule has 2 aromatic rings. The lowest BCUT2D eigenvalue weighted by Crippen LogP contribution is -2.60. The van der Waals surface area contributed by atoms with Gasteiger partial charge in [0.1, 0.15) is 29.3 Å². The third kappa shape index (κ3) is 8.13. The highest BCUT2D eigenvalue weighted by Gasteiger charge is 2.50. The molecule has 2 amide bonds. The van der Waals surface area contributed by atoms with E-state index in [0.29, 0.717) is 12.8 Å². The van der Waals surface area contributed by atoms with Crippen LogP contribution in [0.1, 0.15) is 53.4 Å². The Kier molecular flexibility index (Phi) is 11.4. The van der Waals surface area contributed by atoms with Crippen molar-refractivity contribution in [2.24, 2.45) is 0 Å². The molecule has 42 heavy (non-hydrogen) atoms. The van der Waals surface area contributed by atoms with E-state index in [-0.39, 0.29) is 19.4 Å². The molecule has 7 nitrogen and oxygen atoms in total. The molecular formula is C28H31F7N2O5. The first-order valence-electron chi connectivity index (χ1n) is 12.8. The van der Waals surface area contributed by atoms with E-state index in [0.717, 1.165) is 11.0 Å². The molecule has 0 atom stereocenters. The predicted octanol–water partition coefficient (Wildman–Crippen LogP) is 6.28. The standard InChI is InChI=1S/C22H27F5N2O5.C6H4F2/c1-6-29(20(32)34-21(2,3)4)22(9-7-8-10-22)19(31)28(5)11-12(30)33-18-16(26)14(24)13(23)15(25)17(18)27;7-5-2-1-3-6(8)4-5/h6-11H2,1-5H3;1-4H. The molecule has 0 saturated heterocycles. The van der Waals surface area contributed by atoms with Gasteiger partial charge in [0.15, 0.2) is 0 Å². The van der Waals surface area contributed by atoms with Gasteiger partial charge in [-0.3, -0.25) is 9.69 Å². The summed E-state index contributed by atoms with van der Waals surface area (Å²) >= 11 is 0. The van der Waals surface area contributed by atoms with Crippen molar-refractivity contribution in [3.8, 4) is 5.75 Å². The fourth-order valence-corrected chi connectivity index (χ4v) is 4.38. The summed E-state index contributed by atoms with van der Waals surface area (Å²) in [5.74, 6) is -16.5. The van der Waals surface area contributed by atoms with Crippen LogP contribution in [0.4, 0.5) is 35.5 Å². The fourth-order valence-electron chi connectivity index (χ4n) is 4.38. The van der Waals surface area contributed by atoms with Gasteiger partial charge in [0, 0.05) is 19.7 Å². The molecule has 1 aliphatic carbocycles. The van der Waals surface area contributed by atoms with Gasteiger partial charge in [-0.15, -0.1) is 0 Å². The number of rotatable bonds is 6. The highest BCUT2D eigenvalue weighted by atomic mass is 19.2. The number of ether oxygens (including phenoxy) is 2. The minimum Gasteiger partial charge on any atom is -0.444 e. The summed E-state index contributed by atoms with van der Waals surface area (Å²) in [6.07, 6.45) is 1.09. The quantitative estimate of drug-likeness (QED) is 0.127.